The minimum absolute atomic E-state index is 0.0807. The Hall–Kier alpha value is -3.55. The number of carbonyl (C=O) groups is 1. The minimum Gasteiger partial charge on any atom is -0.489 e. The molecule has 3 aromatic rings. The number of carbonyl (C=O) groups excluding carboxylic acids is 1. The van der Waals surface area contributed by atoms with Crippen molar-refractivity contribution in [3.05, 3.63) is 84.2 Å². The van der Waals surface area contributed by atoms with E-state index < -0.39 is 18.0 Å². The Labute approximate surface area is 158 Å². The van der Waals surface area contributed by atoms with Gasteiger partial charge in [0, 0.05) is 18.0 Å². The van der Waals surface area contributed by atoms with E-state index in [-0.39, 0.29) is 11.3 Å². The van der Waals surface area contributed by atoms with Crippen molar-refractivity contribution in [1.82, 2.24) is 4.98 Å². The van der Waals surface area contributed by atoms with Crippen molar-refractivity contribution >= 4 is 11.6 Å². The summed E-state index contributed by atoms with van der Waals surface area (Å²) in [5, 5.41) is 2.42. The molecule has 0 radical (unpaired) electrons. The van der Waals surface area contributed by atoms with Crippen LogP contribution < -0.4 is 14.8 Å². The summed E-state index contributed by atoms with van der Waals surface area (Å²) in [6, 6.07) is 15.2. The van der Waals surface area contributed by atoms with Crippen molar-refractivity contribution in [2.75, 3.05) is 5.32 Å². The molecule has 28 heavy (non-hydrogen) atoms. The molecule has 0 aliphatic heterocycles. The Morgan fingerprint density at radius 2 is 1.64 bits per heavy atom. The number of benzene rings is 2. The van der Waals surface area contributed by atoms with E-state index in [1.54, 1.807) is 24.5 Å². The number of rotatable bonds is 6. The first-order valence-corrected chi connectivity index (χ1v) is 8.18. The van der Waals surface area contributed by atoms with Crippen molar-refractivity contribution in [2.45, 2.75) is 13.0 Å². The molecule has 1 heterocycles. The summed E-state index contributed by atoms with van der Waals surface area (Å²) in [5.74, 6) is -0.506. The second-order valence-electron chi connectivity index (χ2n) is 5.67. The summed E-state index contributed by atoms with van der Waals surface area (Å²) >= 11 is 0. The number of para-hydroxylation sites is 2. The number of aromatic nitrogens is 1. The normalized spacial score (nSPS) is 11.0. The van der Waals surface area contributed by atoms with Crippen LogP contribution in [0.15, 0.2) is 73.1 Å². The van der Waals surface area contributed by atoms with Gasteiger partial charge in [0.25, 0.3) is 5.91 Å². The summed E-state index contributed by atoms with van der Waals surface area (Å²) in [7, 11) is 0. The lowest BCUT2D eigenvalue weighted by atomic mass is 10.2. The highest BCUT2D eigenvalue weighted by Gasteiger charge is 2.32. The van der Waals surface area contributed by atoms with E-state index >= 15 is 0 Å². The van der Waals surface area contributed by atoms with Crippen molar-refractivity contribution in [3.8, 4) is 11.5 Å². The van der Waals surface area contributed by atoms with Gasteiger partial charge in [-0.25, -0.2) is 0 Å². The van der Waals surface area contributed by atoms with Crippen LogP contribution in [-0.4, -0.2) is 17.3 Å². The van der Waals surface area contributed by atoms with Crippen LogP contribution in [0, 0.1) is 0 Å². The second-order valence-corrected chi connectivity index (χ2v) is 5.67. The van der Waals surface area contributed by atoms with Gasteiger partial charge in [0.2, 0.25) is 0 Å². The lowest BCUT2D eigenvalue weighted by molar-refractivity contribution is -0.274. The van der Waals surface area contributed by atoms with Crippen LogP contribution in [0.1, 0.15) is 15.9 Å². The molecule has 0 saturated carbocycles. The van der Waals surface area contributed by atoms with Gasteiger partial charge >= 0.3 is 6.36 Å². The Morgan fingerprint density at radius 3 is 2.32 bits per heavy atom. The number of anilines is 1. The molecule has 0 aliphatic rings. The molecule has 1 amide bonds. The van der Waals surface area contributed by atoms with Crippen LogP contribution >= 0.6 is 0 Å². The average molecular weight is 388 g/mol. The first kappa shape index (κ1) is 19.2. The zero-order valence-corrected chi connectivity index (χ0v) is 14.4. The number of nitrogens with one attached hydrogen (secondary N) is 1. The van der Waals surface area contributed by atoms with Crippen LogP contribution in [-0.2, 0) is 6.61 Å². The maximum Gasteiger partial charge on any atom is 0.573 e. The van der Waals surface area contributed by atoms with Crippen molar-refractivity contribution in [1.29, 1.82) is 0 Å². The van der Waals surface area contributed by atoms with Gasteiger partial charge in [0.05, 0.1) is 5.69 Å². The molecular formula is C20H15F3N2O3. The molecule has 0 spiro atoms. The van der Waals surface area contributed by atoms with Crippen LogP contribution in [0.5, 0.6) is 11.5 Å². The van der Waals surface area contributed by atoms with E-state index in [1.807, 2.05) is 12.1 Å². The van der Waals surface area contributed by atoms with E-state index in [1.165, 1.54) is 30.3 Å². The summed E-state index contributed by atoms with van der Waals surface area (Å²) < 4.78 is 46.9. The molecule has 0 fully saturated rings. The van der Waals surface area contributed by atoms with Gasteiger partial charge < -0.3 is 14.8 Å². The van der Waals surface area contributed by atoms with Crippen LogP contribution in [0.4, 0.5) is 18.9 Å². The second kappa shape index (κ2) is 8.43. The van der Waals surface area contributed by atoms with Crippen molar-refractivity contribution in [3.63, 3.8) is 0 Å². The Kier molecular flexibility index (Phi) is 5.78. The third-order valence-electron chi connectivity index (χ3n) is 3.63. The van der Waals surface area contributed by atoms with Gasteiger partial charge in [-0.15, -0.1) is 13.2 Å². The molecule has 144 valence electrons. The standard InChI is InChI=1S/C20H15F3N2O3/c21-20(22,23)28-18-4-2-1-3-17(18)25-19(26)15-5-7-16(8-6-15)27-13-14-9-11-24-12-10-14/h1-12H,13H2,(H,25,26). The largest absolute Gasteiger partial charge is 0.573 e. The molecule has 3 rings (SSSR count). The van der Waals surface area contributed by atoms with Crippen molar-refractivity contribution < 1.29 is 27.4 Å². The monoisotopic (exact) mass is 388 g/mol. The predicted molar refractivity (Wildman–Crippen MR) is 96.1 cm³/mol. The molecule has 0 unspecified atom stereocenters. The number of ether oxygens (including phenoxy) is 2. The quantitative estimate of drug-likeness (QED) is 0.658. The minimum atomic E-state index is -4.85. The number of amides is 1. The highest BCUT2D eigenvalue weighted by atomic mass is 19.4. The van der Waals surface area contributed by atoms with Gasteiger partial charge in [-0.2, -0.15) is 0 Å². The maximum atomic E-state index is 12.5. The molecular weight excluding hydrogens is 373 g/mol. The fraction of sp³-hybridized carbons (Fsp3) is 0.100. The number of nitrogens with zero attached hydrogens (tertiary/aromatic N) is 1. The van der Waals surface area contributed by atoms with E-state index in [0.29, 0.717) is 12.4 Å². The number of alkyl halides is 3. The molecule has 0 bridgehead atoms. The van der Waals surface area contributed by atoms with E-state index in [0.717, 1.165) is 11.6 Å². The topological polar surface area (TPSA) is 60.5 Å². The van der Waals surface area contributed by atoms with Gasteiger partial charge in [-0.3, -0.25) is 9.78 Å². The summed E-state index contributed by atoms with van der Waals surface area (Å²) in [5.41, 5.74) is 1.12. The Balaban J connectivity index is 1.64. The molecule has 1 aromatic heterocycles. The zero-order valence-electron chi connectivity index (χ0n) is 14.4. The Bertz CT molecular complexity index is 929. The third-order valence-corrected chi connectivity index (χ3v) is 3.63. The average Bonchev–Trinajstić information content (AvgIpc) is 2.68. The van der Waals surface area contributed by atoms with Gasteiger partial charge in [0.1, 0.15) is 12.4 Å². The predicted octanol–water partition coefficient (Wildman–Crippen LogP) is 4.81. The zero-order chi connectivity index (χ0) is 20.0. The Morgan fingerprint density at radius 1 is 0.964 bits per heavy atom. The van der Waals surface area contributed by atoms with Crippen LogP contribution in [0.2, 0.25) is 0 Å². The summed E-state index contributed by atoms with van der Waals surface area (Å²) in [4.78, 5) is 16.2. The maximum absolute atomic E-state index is 12.5. The fourth-order valence-electron chi connectivity index (χ4n) is 2.33. The SMILES string of the molecule is O=C(Nc1ccccc1OC(F)(F)F)c1ccc(OCc2ccncc2)cc1. The molecule has 0 aliphatic carbocycles. The van der Waals surface area contributed by atoms with Crippen LogP contribution in [0.25, 0.3) is 0 Å². The lowest BCUT2D eigenvalue weighted by Gasteiger charge is -2.14. The van der Waals surface area contributed by atoms with E-state index in [9.17, 15) is 18.0 Å². The van der Waals surface area contributed by atoms with E-state index in [2.05, 4.69) is 15.0 Å². The first-order chi connectivity index (χ1) is 13.4. The van der Waals surface area contributed by atoms with Gasteiger partial charge in [0.15, 0.2) is 5.75 Å². The van der Waals surface area contributed by atoms with Crippen LogP contribution in [0.3, 0.4) is 0 Å². The first-order valence-electron chi connectivity index (χ1n) is 8.18. The number of hydrogen-bond acceptors (Lipinski definition) is 4. The fourth-order valence-corrected chi connectivity index (χ4v) is 2.33. The highest BCUT2D eigenvalue weighted by Crippen LogP contribution is 2.30. The molecule has 0 atom stereocenters. The summed E-state index contributed by atoms with van der Waals surface area (Å²) in [6.07, 6.45) is -1.53. The highest BCUT2D eigenvalue weighted by molar-refractivity contribution is 6.05. The molecule has 5 nitrogen and oxygen atoms in total. The van der Waals surface area contributed by atoms with E-state index in [4.69, 9.17) is 4.74 Å². The van der Waals surface area contributed by atoms with Crippen molar-refractivity contribution in [2.24, 2.45) is 0 Å². The third kappa shape index (κ3) is 5.47. The number of pyridine rings is 1. The molecule has 2 aromatic carbocycles. The molecule has 8 heteroatoms. The number of hydrogen-bond donors (Lipinski definition) is 1. The molecule has 1 N–H and O–H groups in total. The van der Waals surface area contributed by atoms with Gasteiger partial charge in [-0.1, -0.05) is 12.1 Å². The lowest BCUT2D eigenvalue weighted by Crippen LogP contribution is -2.19. The number of halogens is 3. The smallest absolute Gasteiger partial charge is 0.489 e. The summed E-state index contributed by atoms with van der Waals surface area (Å²) in [6.45, 7) is 0.343. The van der Waals surface area contributed by atoms with Gasteiger partial charge in [-0.05, 0) is 54.1 Å². The molecule has 0 saturated heterocycles.